The highest BCUT2D eigenvalue weighted by atomic mass is 32.2. The summed E-state index contributed by atoms with van der Waals surface area (Å²) in [6.07, 6.45) is 14.5. The third-order valence-corrected chi connectivity index (χ3v) is 7.78. The maximum absolute atomic E-state index is 13.2. The zero-order chi connectivity index (χ0) is 23.3. The van der Waals surface area contributed by atoms with E-state index in [1.54, 1.807) is 0 Å². The molecule has 0 saturated heterocycles. The van der Waals surface area contributed by atoms with Gasteiger partial charge in [-0.2, -0.15) is 0 Å². The number of unbranched alkanes of at least 4 members (excludes halogenated alkanes) is 5. The molecule has 2 rings (SSSR count). The van der Waals surface area contributed by atoms with Gasteiger partial charge < -0.3 is 10.2 Å². The standard InChI is InChI=1S/C27H38O3S2/c1-4-5-6-7-8-10-15-21(17-16-20-13-11-9-12-14-20)18-23(28)22-19-24(29)26(31-2)27(32-3)25(22)30/h9,11-14,19,21,29-30H,4-8,10,15-18H2,1-3H3. The summed E-state index contributed by atoms with van der Waals surface area (Å²) in [7, 11) is 0. The van der Waals surface area contributed by atoms with Crippen LogP contribution in [0.25, 0.3) is 0 Å². The van der Waals surface area contributed by atoms with Crippen molar-refractivity contribution in [3.8, 4) is 11.5 Å². The first kappa shape index (κ1) is 26.7. The van der Waals surface area contributed by atoms with Crippen LogP contribution < -0.4 is 0 Å². The van der Waals surface area contributed by atoms with Gasteiger partial charge in [0.05, 0.1) is 15.4 Å². The van der Waals surface area contributed by atoms with Crippen LogP contribution >= 0.6 is 23.5 Å². The minimum atomic E-state index is -0.0789. The zero-order valence-electron chi connectivity index (χ0n) is 19.7. The molecule has 0 saturated carbocycles. The maximum atomic E-state index is 13.2. The van der Waals surface area contributed by atoms with Gasteiger partial charge >= 0.3 is 0 Å². The number of aromatic hydroxyl groups is 2. The number of Topliss-reactive ketones (excluding diaryl/α,β-unsaturated/α-hetero) is 1. The molecule has 0 aromatic heterocycles. The van der Waals surface area contributed by atoms with E-state index in [4.69, 9.17) is 0 Å². The van der Waals surface area contributed by atoms with Crippen molar-refractivity contribution in [2.75, 3.05) is 12.5 Å². The molecule has 0 fully saturated rings. The number of aryl methyl sites for hydroxylation is 1. The van der Waals surface area contributed by atoms with E-state index in [2.05, 4.69) is 31.2 Å². The molecular weight excluding hydrogens is 436 g/mol. The van der Waals surface area contributed by atoms with E-state index in [0.29, 0.717) is 16.2 Å². The number of rotatable bonds is 15. The molecule has 0 amide bonds. The van der Waals surface area contributed by atoms with Gasteiger partial charge in [-0.25, -0.2) is 0 Å². The molecule has 2 aromatic rings. The number of carbonyl (C=O) groups excluding carboxylic acids is 1. The van der Waals surface area contributed by atoms with Crippen LogP contribution in [0.2, 0.25) is 0 Å². The number of carbonyl (C=O) groups is 1. The van der Waals surface area contributed by atoms with Crippen molar-refractivity contribution >= 4 is 29.3 Å². The van der Waals surface area contributed by atoms with Crippen molar-refractivity contribution < 1.29 is 15.0 Å². The Morgan fingerprint density at radius 1 is 0.906 bits per heavy atom. The van der Waals surface area contributed by atoms with Gasteiger partial charge in [-0.05, 0) is 42.9 Å². The number of phenolic OH excluding ortho intramolecular Hbond substituents is 2. The van der Waals surface area contributed by atoms with Crippen molar-refractivity contribution in [3.63, 3.8) is 0 Å². The highest BCUT2D eigenvalue weighted by Gasteiger charge is 2.23. The Morgan fingerprint density at radius 2 is 1.56 bits per heavy atom. The lowest BCUT2D eigenvalue weighted by Gasteiger charge is -2.18. The molecule has 0 aliphatic rings. The quantitative estimate of drug-likeness (QED) is 0.118. The fourth-order valence-corrected chi connectivity index (χ4v) is 5.81. The van der Waals surface area contributed by atoms with E-state index in [1.165, 1.54) is 67.3 Å². The molecule has 1 atom stereocenters. The highest BCUT2D eigenvalue weighted by molar-refractivity contribution is 8.01. The van der Waals surface area contributed by atoms with E-state index in [0.717, 1.165) is 25.7 Å². The van der Waals surface area contributed by atoms with Crippen LogP contribution in [0.5, 0.6) is 11.5 Å². The molecule has 3 nitrogen and oxygen atoms in total. The van der Waals surface area contributed by atoms with Crippen molar-refractivity contribution in [3.05, 3.63) is 47.5 Å². The molecular formula is C27H38O3S2. The summed E-state index contributed by atoms with van der Waals surface area (Å²) in [5.41, 5.74) is 1.54. The molecule has 0 radical (unpaired) electrons. The number of hydrogen-bond acceptors (Lipinski definition) is 5. The fraction of sp³-hybridized carbons (Fsp3) is 0.519. The maximum Gasteiger partial charge on any atom is 0.167 e. The Balaban J connectivity index is 2.09. The van der Waals surface area contributed by atoms with Crippen LogP contribution in [-0.2, 0) is 6.42 Å². The SMILES string of the molecule is CCCCCCCCC(CCc1ccccc1)CC(=O)c1cc(O)c(SC)c(SC)c1O. The van der Waals surface area contributed by atoms with Crippen LogP contribution in [0.15, 0.2) is 46.2 Å². The first-order chi connectivity index (χ1) is 15.5. The molecule has 1 unspecified atom stereocenters. The minimum Gasteiger partial charge on any atom is -0.507 e. The molecule has 0 bridgehead atoms. The predicted molar refractivity (Wildman–Crippen MR) is 139 cm³/mol. The van der Waals surface area contributed by atoms with Crippen molar-refractivity contribution in [1.29, 1.82) is 0 Å². The summed E-state index contributed by atoms with van der Waals surface area (Å²) in [5.74, 6) is 0.268. The molecule has 0 heterocycles. The summed E-state index contributed by atoms with van der Waals surface area (Å²) >= 11 is 2.74. The monoisotopic (exact) mass is 474 g/mol. The lowest BCUT2D eigenvalue weighted by Crippen LogP contribution is -2.11. The van der Waals surface area contributed by atoms with Crippen molar-refractivity contribution in [2.24, 2.45) is 5.92 Å². The summed E-state index contributed by atoms with van der Waals surface area (Å²) < 4.78 is 0. The van der Waals surface area contributed by atoms with Gasteiger partial charge in [0.15, 0.2) is 5.78 Å². The van der Waals surface area contributed by atoms with E-state index < -0.39 is 0 Å². The van der Waals surface area contributed by atoms with E-state index >= 15 is 0 Å². The van der Waals surface area contributed by atoms with Gasteiger partial charge in [0.1, 0.15) is 11.5 Å². The number of phenols is 2. The average Bonchev–Trinajstić information content (AvgIpc) is 2.80. The summed E-state index contributed by atoms with van der Waals surface area (Å²) in [5, 5.41) is 21.2. The average molecular weight is 475 g/mol. The third-order valence-electron chi connectivity index (χ3n) is 6.02. The minimum absolute atomic E-state index is 0.00558. The number of ketones is 1. The topological polar surface area (TPSA) is 57.5 Å². The Bertz CT molecular complexity index is 837. The molecule has 32 heavy (non-hydrogen) atoms. The Hall–Kier alpha value is -1.59. The summed E-state index contributed by atoms with van der Waals surface area (Å²) in [6.45, 7) is 2.23. The second-order valence-corrected chi connectivity index (χ2v) is 10.1. The normalized spacial score (nSPS) is 12.1. The first-order valence-electron chi connectivity index (χ1n) is 11.8. The molecule has 5 heteroatoms. The van der Waals surface area contributed by atoms with Gasteiger partial charge in [0.25, 0.3) is 0 Å². The van der Waals surface area contributed by atoms with Crippen LogP contribution in [-0.4, -0.2) is 28.5 Å². The molecule has 0 aliphatic carbocycles. The zero-order valence-corrected chi connectivity index (χ0v) is 21.4. The lowest BCUT2D eigenvalue weighted by atomic mass is 9.88. The summed E-state index contributed by atoms with van der Waals surface area (Å²) in [6, 6.07) is 11.9. The van der Waals surface area contributed by atoms with E-state index in [-0.39, 0.29) is 28.8 Å². The molecule has 176 valence electrons. The number of thioether (sulfide) groups is 2. The van der Waals surface area contributed by atoms with Crippen LogP contribution in [0.1, 0.15) is 80.6 Å². The Morgan fingerprint density at radius 3 is 2.22 bits per heavy atom. The molecule has 2 N–H and O–H groups in total. The highest BCUT2D eigenvalue weighted by Crippen LogP contribution is 2.44. The third kappa shape index (κ3) is 8.08. The molecule has 0 aliphatic heterocycles. The van der Waals surface area contributed by atoms with Gasteiger partial charge in [0.2, 0.25) is 0 Å². The second kappa shape index (κ2) is 14.5. The lowest BCUT2D eigenvalue weighted by molar-refractivity contribution is 0.0952. The Labute approximate surface area is 202 Å². The molecule has 0 spiro atoms. The van der Waals surface area contributed by atoms with Gasteiger partial charge in [-0.1, -0.05) is 82.2 Å². The summed E-state index contributed by atoms with van der Waals surface area (Å²) in [4.78, 5) is 14.4. The Kier molecular flexibility index (Phi) is 12.1. The molecule has 2 aromatic carbocycles. The van der Waals surface area contributed by atoms with Gasteiger partial charge in [-0.15, -0.1) is 23.5 Å². The number of hydrogen-bond donors (Lipinski definition) is 2. The number of benzene rings is 2. The van der Waals surface area contributed by atoms with Crippen LogP contribution in [0.3, 0.4) is 0 Å². The largest absolute Gasteiger partial charge is 0.507 e. The van der Waals surface area contributed by atoms with Gasteiger partial charge in [-0.3, -0.25) is 4.79 Å². The fourth-order valence-electron chi connectivity index (χ4n) is 4.17. The smallest absolute Gasteiger partial charge is 0.167 e. The van der Waals surface area contributed by atoms with E-state index in [9.17, 15) is 15.0 Å². The van der Waals surface area contributed by atoms with Crippen molar-refractivity contribution in [1.82, 2.24) is 0 Å². The second-order valence-electron chi connectivity index (χ2n) is 8.43. The first-order valence-corrected chi connectivity index (χ1v) is 14.2. The van der Waals surface area contributed by atoms with Crippen LogP contribution in [0, 0.1) is 5.92 Å². The van der Waals surface area contributed by atoms with E-state index in [1.807, 2.05) is 18.6 Å². The predicted octanol–water partition coefficient (Wildman–Crippen LogP) is 8.11. The van der Waals surface area contributed by atoms with Gasteiger partial charge in [0, 0.05) is 6.42 Å². The van der Waals surface area contributed by atoms with Crippen LogP contribution in [0.4, 0.5) is 0 Å². The van der Waals surface area contributed by atoms with Crippen molar-refractivity contribution in [2.45, 2.75) is 80.9 Å².